The van der Waals surface area contributed by atoms with E-state index in [4.69, 9.17) is 9.47 Å². The van der Waals surface area contributed by atoms with E-state index in [0.29, 0.717) is 33.5 Å². The van der Waals surface area contributed by atoms with Gasteiger partial charge in [-0.15, -0.1) is 11.3 Å². The van der Waals surface area contributed by atoms with Gasteiger partial charge in [-0.05, 0) is 31.9 Å². The molecule has 0 atom stereocenters. The highest BCUT2D eigenvalue weighted by Crippen LogP contribution is 2.34. The summed E-state index contributed by atoms with van der Waals surface area (Å²) in [5, 5.41) is 10.2. The number of H-pyrrole nitrogens is 1. The fourth-order valence-corrected chi connectivity index (χ4v) is 4.46. The van der Waals surface area contributed by atoms with Crippen molar-refractivity contribution in [3.05, 3.63) is 56.3 Å². The molecule has 0 unspecified atom stereocenters. The van der Waals surface area contributed by atoms with E-state index in [-0.39, 0.29) is 18.6 Å². The van der Waals surface area contributed by atoms with E-state index in [9.17, 15) is 19.2 Å². The van der Waals surface area contributed by atoms with Crippen molar-refractivity contribution in [2.24, 2.45) is 0 Å². The van der Waals surface area contributed by atoms with Gasteiger partial charge in [-0.25, -0.2) is 9.89 Å². The largest absolute Gasteiger partial charge is 0.462 e. The molecule has 9 nitrogen and oxygen atoms in total. The van der Waals surface area contributed by atoms with Crippen molar-refractivity contribution < 1.29 is 23.9 Å². The van der Waals surface area contributed by atoms with Gasteiger partial charge in [0.25, 0.3) is 11.5 Å². The zero-order valence-electron chi connectivity index (χ0n) is 17.9. The Labute approximate surface area is 187 Å². The van der Waals surface area contributed by atoms with Crippen LogP contribution in [0.5, 0.6) is 0 Å². The van der Waals surface area contributed by atoms with Crippen molar-refractivity contribution in [3.63, 3.8) is 0 Å². The molecule has 0 saturated carbocycles. The van der Waals surface area contributed by atoms with Crippen molar-refractivity contribution >= 4 is 45.0 Å². The molecule has 2 heterocycles. The van der Waals surface area contributed by atoms with Gasteiger partial charge in [0.05, 0.1) is 29.7 Å². The van der Waals surface area contributed by atoms with Gasteiger partial charge in [0.1, 0.15) is 5.00 Å². The number of amides is 1. The maximum atomic E-state index is 12.4. The quantitative estimate of drug-likeness (QED) is 0.498. The summed E-state index contributed by atoms with van der Waals surface area (Å²) in [6.45, 7) is 5.18. The summed E-state index contributed by atoms with van der Waals surface area (Å²) in [5.41, 5.74) is 1.14. The van der Waals surface area contributed by atoms with E-state index < -0.39 is 24.5 Å². The number of fused-ring (bicyclic) bond motifs is 1. The maximum absolute atomic E-state index is 12.4. The highest BCUT2D eigenvalue weighted by atomic mass is 32.1. The molecule has 0 radical (unpaired) electrons. The molecular formula is C22H23N3O6S. The zero-order chi connectivity index (χ0) is 23.3. The van der Waals surface area contributed by atoms with Gasteiger partial charge >= 0.3 is 11.9 Å². The zero-order valence-corrected chi connectivity index (χ0v) is 18.8. The molecule has 0 bridgehead atoms. The minimum Gasteiger partial charge on any atom is -0.462 e. The summed E-state index contributed by atoms with van der Waals surface area (Å²) >= 11 is 1.27. The molecule has 0 spiro atoms. The number of carbonyl (C=O) groups excluding carboxylic acids is 3. The summed E-state index contributed by atoms with van der Waals surface area (Å²) in [4.78, 5) is 49.7. The number of benzene rings is 1. The molecule has 3 rings (SSSR count). The first-order valence-corrected chi connectivity index (χ1v) is 10.9. The second-order valence-corrected chi connectivity index (χ2v) is 8.07. The molecule has 10 heteroatoms. The second-order valence-electron chi connectivity index (χ2n) is 6.85. The third kappa shape index (κ3) is 5.02. The average Bonchev–Trinajstić information content (AvgIpc) is 3.09. The molecule has 0 aliphatic heterocycles. The molecular weight excluding hydrogens is 434 g/mol. The lowest BCUT2D eigenvalue weighted by molar-refractivity contribution is -0.146. The van der Waals surface area contributed by atoms with Gasteiger partial charge < -0.3 is 14.8 Å². The first kappa shape index (κ1) is 23.1. The molecule has 0 aliphatic carbocycles. The normalized spacial score (nSPS) is 10.7. The van der Waals surface area contributed by atoms with Crippen molar-refractivity contribution in [1.82, 2.24) is 10.2 Å². The van der Waals surface area contributed by atoms with Crippen molar-refractivity contribution in [2.75, 3.05) is 18.5 Å². The number of aryl methyl sites for hydroxylation is 1. The van der Waals surface area contributed by atoms with E-state index in [1.807, 2.05) is 13.8 Å². The van der Waals surface area contributed by atoms with Crippen molar-refractivity contribution in [3.8, 4) is 0 Å². The monoisotopic (exact) mass is 457 g/mol. The molecule has 32 heavy (non-hydrogen) atoms. The number of aromatic nitrogens is 2. The number of aromatic amines is 1. The Morgan fingerprint density at radius 2 is 1.84 bits per heavy atom. The summed E-state index contributed by atoms with van der Waals surface area (Å²) in [6, 6.07) is 6.77. The fourth-order valence-electron chi connectivity index (χ4n) is 3.31. The Morgan fingerprint density at radius 3 is 2.53 bits per heavy atom. The first-order chi connectivity index (χ1) is 15.3. The molecule has 0 saturated heterocycles. The highest BCUT2D eigenvalue weighted by Gasteiger charge is 2.24. The highest BCUT2D eigenvalue weighted by molar-refractivity contribution is 7.16. The van der Waals surface area contributed by atoms with Crippen LogP contribution >= 0.6 is 11.3 Å². The Kier molecular flexibility index (Phi) is 7.37. The fraction of sp³-hybridized carbons (Fsp3) is 0.318. The van der Waals surface area contributed by atoms with E-state index in [2.05, 4.69) is 15.5 Å². The van der Waals surface area contributed by atoms with Crippen LogP contribution in [0.1, 0.15) is 40.3 Å². The van der Waals surface area contributed by atoms with Crippen molar-refractivity contribution in [2.45, 2.75) is 33.6 Å². The predicted octanol–water partition coefficient (Wildman–Crippen LogP) is 2.76. The van der Waals surface area contributed by atoms with Gasteiger partial charge in [-0.3, -0.25) is 14.4 Å². The SMILES string of the molecule is CCOC(=O)c1c(NC(=O)COC(=O)Cc2n[nH]c(=O)c3ccccc23)sc(C)c1CC. The Bertz CT molecular complexity index is 1230. The molecule has 0 fully saturated rings. The predicted molar refractivity (Wildman–Crippen MR) is 120 cm³/mol. The van der Waals surface area contributed by atoms with Crippen LogP contribution in [-0.2, 0) is 31.9 Å². The van der Waals surface area contributed by atoms with E-state index in [0.717, 1.165) is 10.4 Å². The summed E-state index contributed by atoms with van der Waals surface area (Å²) in [5.74, 6) is -1.75. The third-order valence-electron chi connectivity index (χ3n) is 4.75. The van der Waals surface area contributed by atoms with Crippen molar-refractivity contribution in [1.29, 1.82) is 0 Å². The lowest BCUT2D eigenvalue weighted by Gasteiger charge is -2.09. The van der Waals surface area contributed by atoms with E-state index >= 15 is 0 Å². The molecule has 1 amide bonds. The maximum Gasteiger partial charge on any atom is 0.341 e. The Hall–Kier alpha value is -3.53. The van der Waals surface area contributed by atoms with Crippen LogP contribution in [-0.4, -0.2) is 41.3 Å². The van der Waals surface area contributed by atoms with E-state index in [1.165, 1.54) is 11.3 Å². The summed E-state index contributed by atoms with van der Waals surface area (Å²) < 4.78 is 10.2. The van der Waals surface area contributed by atoms with Crippen LogP contribution in [0.15, 0.2) is 29.1 Å². The van der Waals surface area contributed by atoms with Gasteiger partial charge in [-0.1, -0.05) is 25.1 Å². The number of hydrogen-bond donors (Lipinski definition) is 2. The van der Waals surface area contributed by atoms with E-state index in [1.54, 1.807) is 31.2 Å². The average molecular weight is 458 g/mol. The number of hydrogen-bond acceptors (Lipinski definition) is 8. The smallest absolute Gasteiger partial charge is 0.341 e. The minimum atomic E-state index is -0.674. The number of esters is 2. The van der Waals surface area contributed by atoms with Crippen LogP contribution in [0.3, 0.4) is 0 Å². The van der Waals surface area contributed by atoms with Crippen LogP contribution in [0, 0.1) is 6.92 Å². The van der Waals surface area contributed by atoms with Gasteiger partial charge in [-0.2, -0.15) is 5.10 Å². The van der Waals surface area contributed by atoms with Crippen LogP contribution < -0.4 is 10.9 Å². The van der Waals surface area contributed by atoms with Gasteiger partial charge in [0.15, 0.2) is 6.61 Å². The first-order valence-electron chi connectivity index (χ1n) is 10.1. The molecule has 2 aromatic heterocycles. The van der Waals surface area contributed by atoms with Gasteiger partial charge in [0, 0.05) is 10.3 Å². The van der Waals surface area contributed by atoms with Crippen LogP contribution in [0.4, 0.5) is 5.00 Å². The molecule has 1 aromatic carbocycles. The Morgan fingerprint density at radius 1 is 1.12 bits per heavy atom. The standard InChI is InChI=1S/C22H23N3O6S/c1-4-13-12(3)32-21(19(13)22(29)30-5-2)23-17(26)11-31-18(27)10-16-14-8-6-7-9-15(14)20(28)25-24-16/h6-9H,4-5,10-11H2,1-3H3,(H,23,26)(H,25,28). The van der Waals surface area contributed by atoms with Crippen LogP contribution in [0.2, 0.25) is 0 Å². The lowest BCUT2D eigenvalue weighted by atomic mass is 10.1. The Balaban J connectivity index is 1.66. The number of thiophene rings is 1. The molecule has 0 aliphatic rings. The topological polar surface area (TPSA) is 127 Å². The molecule has 2 N–H and O–H groups in total. The number of rotatable bonds is 8. The number of anilines is 1. The third-order valence-corrected chi connectivity index (χ3v) is 5.81. The summed E-state index contributed by atoms with van der Waals surface area (Å²) in [7, 11) is 0. The number of carbonyl (C=O) groups is 3. The lowest BCUT2D eigenvalue weighted by Crippen LogP contribution is -2.23. The molecule has 168 valence electrons. The van der Waals surface area contributed by atoms with Gasteiger partial charge in [0.2, 0.25) is 0 Å². The second kappa shape index (κ2) is 10.2. The summed E-state index contributed by atoms with van der Waals surface area (Å²) in [6.07, 6.45) is 0.401. The van der Waals surface area contributed by atoms with Crippen LogP contribution in [0.25, 0.3) is 10.8 Å². The number of nitrogens with one attached hydrogen (secondary N) is 2. The number of nitrogens with zero attached hydrogens (tertiary/aromatic N) is 1. The minimum absolute atomic E-state index is 0.212. The molecule has 3 aromatic rings. The number of ether oxygens (including phenoxy) is 2.